The Morgan fingerprint density at radius 3 is 2.27 bits per heavy atom. The van der Waals surface area contributed by atoms with Gasteiger partial charge in [-0.2, -0.15) is 18.3 Å². The first-order valence-corrected chi connectivity index (χ1v) is 10.3. The first-order valence-electron chi connectivity index (χ1n) is 8.03. The number of benzene rings is 2. The van der Waals surface area contributed by atoms with Gasteiger partial charge < -0.3 is 4.74 Å². The fourth-order valence-corrected chi connectivity index (χ4v) is 3.69. The minimum Gasteiger partial charge on any atom is -0.495 e. The first kappa shape index (κ1) is 22.0. The second kappa shape index (κ2) is 7.55. The average molecular weight is 467 g/mol. The Bertz CT molecular complexity index is 1240. The summed E-state index contributed by atoms with van der Waals surface area (Å²) in [4.78, 5) is -0.918. The topological polar surface area (TPSA) is 61.2 Å². The van der Waals surface area contributed by atoms with E-state index in [1.165, 1.54) is 25.3 Å². The molecule has 0 radical (unpaired) electrons. The van der Waals surface area contributed by atoms with Gasteiger partial charge in [0.15, 0.2) is 15.5 Å². The summed E-state index contributed by atoms with van der Waals surface area (Å²) >= 11 is 6.01. The Morgan fingerprint density at radius 2 is 1.73 bits per heavy atom. The van der Waals surface area contributed by atoms with Crippen molar-refractivity contribution >= 4 is 21.4 Å². The summed E-state index contributed by atoms with van der Waals surface area (Å²) < 4.78 is 97.5. The molecule has 0 aliphatic heterocycles. The van der Waals surface area contributed by atoms with E-state index in [4.69, 9.17) is 16.3 Å². The number of hydrogen-bond donors (Lipinski definition) is 0. The molecule has 0 bridgehead atoms. The van der Waals surface area contributed by atoms with Crippen molar-refractivity contribution in [3.63, 3.8) is 0 Å². The third-order valence-electron chi connectivity index (χ3n) is 4.08. The zero-order chi connectivity index (χ0) is 22.4. The lowest BCUT2D eigenvalue weighted by Gasteiger charge is -2.11. The predicted molar refractivity (Wildman–Crippen MR) is 98.6 cm³/mol. The number of hydrogen-bond acceptors (Lipinski definition) is 4. The number of alkyl halides is 3. The predicted octanol–water partition coefficient (Wildman–Crippen LogP) is 4.90. The highest BCUT2D eigenvalue weighted by Crippen LogP contribution is 2.36. The summed E-state index contributed by atoms with van der Waals surface area (Å²) in [6, 6.07) is 5.35. The molecule has 0 atom stereocenters. The number of halogens is 6. The van der Waals surface area contributed by atoms with Gasteiger partial charge in [-0.3, -0.25) is 0 Å². The van der Waals surface area contributed by atoms with Crippen LogP contribution in [0.2, 0.25) is 5.02 Å². The highest BCUT2D eigenvalue weighted by atomic mass is 35.5. The van der Waals surface area contributed by atoms with Crippen LogP contribution in [0, 0.1) is 11.6 Å². The van der Waals surface area contributed by atoms with E-state index in [-0.39, 0.29) is 16.5 Å². The maximum absolute atomic E-state index is 14.6. The van der Waals surface area contributed by atoms with Gasteiger partial charge in [-0.1, -0.05) is 11.6 Å². The molecular formula is C18H12ClF5N2O3S. The SMILES string of the molecule is COc1ccc(-n2nc(C(F)(F)F)cc2-c2cc(F)c(S(C)(=O)=O)cc2F)cc1Cl. The maximum Gasteiger partial charge on any atom is 0.435 e. The third kappa shape index (κ3) is 4.12. The van der Waals surface area contributed by atoms with E-state index in [0.717, 1.165) is 4.68 Å². The van der Waals surface area contributed by atoms with E-state index in [1.54, 1.807) is 0 Å². The quantitative estimate of drug-likeness (QED) is 0.513. The molecule has 3 rings (SSSR count). The molecule has 0 N–H and O–H groups in total. The van der Waals surface area contributed by atoms with E-state index in [1.807, 2.05) is 0 Å². The number of sulfone groups is 1. The lowest BCUT2D eigenvalue weighted by atomic mass is 10.1. The van der Waals surface area contributed by atoms with E-state index >= 15 is 0 Å². The molecule has 5 nitrogen and oxygen atoms in total. The summed E-state index contributed by atoms with van der Waals surface area (Å²) in [5.74, 6) is -2.32. The molecule has 0 saturated heterocycles. The lowest BCUT2D eigenvalue weighted by Crippen LogP contribution is -2.07. The molecule has 0 unspecified atom stereocenters. The molecule has 2 aromatic carbocycles. The Hall–Kier alpha value is -2.66. The lowest BCUT2D eigenvalue weighted by molar-refractivity contribution is -0.141. The van der Waals surface area contributed by atoms with E-state index in [9.17, 15) is 30.4 Å². The monoisotopic (exact) mass is 466 g/mol. The standard InChI is InChI=1S/C18H12ClF5N2O3S/c1-29-15-4-3-9(5-11(15)19)26-14(8-17(25-26)18(22,23)24)10-6-13(21)16(7-12(10)20)30(2,27)28/h3-8H,1-2H3. The summed E-state index contributed by atoms with van der Waals surface area (Å²) in [5.41, 5.74) is -2.43. The van der Waals surface area contributed by atoms with Gasteiger partial charge in [0.2, 0.25) is 0 Å². The van der Waals surface area contributed by atoms with Crippen LogP contribution in [0.1, 0.15) is 5.69 Å². The highest BCUT2D eigenvalue weighted by molar-refractivity contribution is 7.90. The van der Waals surface area contributed by atoms with Crippen LogP contribution in [0.4, 0.5) is 22.0 Å². The molecule has 3 aromatic rings. The molecule has 1 heterocycles. The van der Waals surface area contributed by atoms with Gasteiger partial charge in [-0.05, 0) is 36.4 Å². The van der Waals surface area contributed by atoms with Gasteiger partial charge in [0.25, 0.3) is 0 Å². The largest absolute Gasteiger partial charge is 0.495 e. The molecule has 0 amide bonds. The fraction of sp³-hybridized carbons (Fsp3) is 0.167. The molecule has 12 heteroatoms. The van der Waals surface area contributed by atoms with Crippen LogP contribution in [0.15, 0.2) is 41.3 Å². The van der Waals surface area contributed by atoms with Crippen LogP contribution in [-0.2, 0) is 16.0 Å². The van der Waals surface area contributed by atoms with Crippen molar-refractivity contribution in [3.05, 3.63) is 58.7 Å². The Kier molecular flexibility index (Phi) is 5.54. The molecule has 30 heavy (non-hydrogen) atoms. The van der Waals surface area contributed by atoms with Crippen molar-refractivity contribution in [2.75, 3.05) is 13.4 Å². The van der Waals surface area contributed by atoms with Crippen molar-refractivity contribution in [1.82, 2.24) is 9.78 Å². The smallest absolute Gasteiger partial charge is 0.435 e. The number of ether oxygens (including phenoxy) is 1. The minimum atomic E-state index is -4.88. The number of aromatic nitrogens is 2. The molecule has 0 spiro atoms. The van der Waals surface area contributed by atoms with Crippen LogP contribution in [-0.4, -0.2) is 31.6 Å². The Labute approximate surface area is 172 Å². The fourth-order valence-electron chi connectivity index (χ4n) is 2.70. The molecule has 0 saturated carbocycles. The van der Waals surface area contributed by atoms with Crippen molar-refractivity contribution in [2.45, 2.75) is 11.1 Å². The van der Waals surface area contributed by atoms with E-state index in [0.29, 0.717) is 24.5 Å². The second-order valence-electron chi connectivity index (χ2n) is 6.18. The van der Waals surface area contributed by atoms with E-state index < -0.39 is 49.5 Å². The van der Waals surface area contributed by atoms with Crippen LogP contribution >= 0.6 is 11.6 Å². The Balaban J connectivity index is 2.29. The van der Waals surface area contributed by atoms with Gasteiger partial charge in [-0.15, -0.1) is 0 Å². The molecule has 0 aliphatic rings. The van der Waals surface area contributed by atoms with Crippen molar-refractivity contribution in [2.24, 2.45) is 0 Å². The normalized spacial score (nSPS) is 12.3. The van der Waals surface area contributed by atoms with Crippen LogP contribution in [0.25, 0.3) is 16.9 Å². The molecule has 0 aliphatic carbocycles. The zero-order valence-electron chi connectivity index (χ0n) is 15.3. The molecule has 0 fully saturated rings. The molecular weight excluding hydrogens is 455 g/mol. The number of nitrogens with zero attached hydrogens (tertiary/aromatic N) is 2. The maximum atomic E-state index is 14.6. The van der Waals surface area contributed by atoms with Crippen molar-refractivity contribution in [1.29, 1.82) is 0 Å². The van der Waals surface area contributed by atoms with Gasteiger partial charge in [0.1, 0.15) is 22.3 Å². The van der Waals surface area contributed by atoms with E-state index in [2.05, 4.69) is 5.10 Å². The van der Waals surface area contributed by atoms with Crippen LogP contribution in [0.5, 0.6) is 5.75 Å². The van der Waals surface area contributed by atoms with Gasteiger partial charge in [-0.25, -0.2) is 21.9 Å². The third-order valence-corrected chi connectivity index (χ3v) is 5.48. The number of methoxy groups -OCH3 is 1. The van der Waals surface area contributed by atoms with Gasteiger partial charge >= 0.3 is 6.18 Å². The average Bonchev–Trinajstić information content (AvgIpc) is 3.07. The van der Waals surface area contributed by atoms with Crippen LogP contribution in [0.3, 0.4) is 0 Å². The minimum absolute atomic E-state index is 0.0123. The van der Waals surface area contributed by atoms with Crippen LogP contribution < -0.4 is 4.74 Å². The summed E-state index contributed by atoms with van der Waals surface area (Å²) in [6.07, 6.45) is -4.20. The number of rotatable bonds is 4. The molecule has 1 aromatic heterocycles. The summed E-state index contributed by atoms with van der Waals surface area (Å²) in [5, 5.41) is 3.50. The highest BCUT2D eigenvalue weighted by Gasteiger charge is 2.36. The first-order chi connectivity index (χ1) is 13.8. The van der Waals surface area contributed by atoms with Gasteiger partial charge in [0, 0.05) is 11.8 Å². The zero-order valence-corrected chi connectivity index (χ0v) is 16.8. The summed E-state index contributed by atoms with van der Waals surface area (Å²) in [7, 11) is -2.76. The summed E-state index contributed by atoms with van der Waals surface area (Å²) in [6.45, 7) is 0. The van der Waals surface area contributed by atoms with Crippen molar-refractivity contribution < 1.29 is 35.1 Å². The van der Waals surface area contributed by atoms with Gasteiger partial charge in [0.05, 0.1) is 23.5 Å². The second-order valence-corrected chi connectivity index (χ2v) is 8.57. The van der Waals surface area contributed by atoms with Crippen molar-refractivity contribution in [3.8, 4) is 22.7 Å². The molecule has 160 valence electrons. The Morgan fingerprint density at radius 1 is 1.07 bits per heavy atom.